The lowest BCUT2D eigenvalue weighted by atomic mass is 10.1. The number of nitrogens with two attached hydrogens (primary N) is 1. The third kappa shape index (κ3) is 2.13. The normalized spacial score (nSPS) is 15.5. The number of aryl methyl sites for hydroxylation is 2. The van der Waals surface area contributed by atoms with Crippen LogP contribution in [0.15, 0.2) is 18.2 Å². The van der Waals surface area contributed by atoms with E-state index in [-0.39, 0.29) is 5.75 Å². The second-order valence-electron chi connectivity index (χ2n) is 3.76. The molecule has 0 aliphatic heterocycles. The average molecular weight is 211 g/mol. The van der Waals surface area contributed by atoms with Gasteiger partial charge in [0, 0.05) is 0 Å². The van der Waals surface area contributed by atoms with E-state index in [9.17, 15) is 8.42 Å². The maximum Gasteiger partial charge on any atom is 0.213 e. The van der Waals surface area contributed by atoms with Gasteiger partial charge in [0.05, 0.1) is 5.75 Å². The lowest BCUT2D eigenvalue weighted by molar-refractivity contribution is 0.597. The SMILES string of the molecule is NS(=O)(=O)Cc1ccc2c(c1)CCC2. The van der Waals surface area contributed by atoms with Crippen LogP contribution in [-0.4, -0.2) is 8.42 Å². The Morgan fingerprint density at radius 3 is 2.64 bits per heavy atom. The number of benzene rings is 1. The van der Waals surface area contributed by atoms with E-state index in [4.69, 9.17) is 5.14 Å². The second-order valence-corrected chi connectivity index (χ2v) is 5.38. The van der Waals surface area contributed by atoms with Crippen molar-refractivity contribution in [3.05, 3.63) is 34.9 Å². The zero-order valence-electron chi connectivity index (χ0n) is 7.86. The second kappa shape index (κ2) is 3.37. The van der Waals surface area contributed by atoms with Gasteiger partial charge in [0.15, 0.2) is 0 Å². The first-order valence-corrected chi connectivity index (χ1v) is 6.37. The average Bonchev–Trinajstić information content (AvgIpc) is 2.47. The smallest absolute Gasteiger partial charge is 0.213 e. The van der Waals surface area contributed by atoms with E-state index in [0.717, 1.165) is 18.4 Å². The van der Waals surface area contributed by atoms with Crippen molar-refractivity contribution in [3.8, 4) is 0 Å². The molecule has 0 radical (unpaired) electrons. The Morgan fingerprint density at radius 2 is 1.93 bits per heavy atom. The van der Waals surface area contributed by atoms with Crippen LogP contribution in [0.4, 0.5) is 0 Å². The Hall–Kier alpha value is -0.870. The Morgan fingerprint density at radius 1 is 1.21 bits per heavy atom. The molecule has 1 aliphatic rings. The molecule has 0 heterocycles. The first-order chi connectivity index (χ1) is 6.54. The van der Waals surface area contributed by atoms with Crippen molar-refractivity contribution in [1.82, 2.24) is 0 Å². The van der Waals surface area contributed by atoms with E-state index in [0.29, 0.717) is 0 Å². The zero-order valence-corrected chi connectivity index (χ0v) is 8.68. The summed E-state index contributed by atoms with van der Waals surface area (Å²) in [6, 6.07) is 5.84. The van der Waals surface area contributed by atoms with Crippen LogP contribution in [0.25, 0.3) is 0 Å². The summed E-state index contributed by atoms with van der Waals surface area (Å²) >= 11 is 0. The Bertz CT molecular complexity index is 451. The van der Waals surface area contributed by atoms with Crippen LogP contribution < -0.4 is 5.14 Å². The van der Waals surface area contributed by atoms with Crippen molar-refractivity contribution in [2.75, 3.05) is 0 Å². The summed E-state index contributed by atoms with van der Waals surface area (Å²) in [5.41, 5.74) is 3.43. The molecule has 0 saturated heterocycles. The molecule has 4 heteroatoms. The highest BCUT2D eigenvalue weighted by molar-refractivity contribution is 7.88. The molecule has 2 N–H and O–H groups in total. The highest BCUT2D eigenvalue weighted by atomic mass is 32.2. The first kappa shape index (κ1) is 9.68. The first-order valence-electron chi connectivity index (χ1n) is 4.66. The van der Waals surface area contributed by atoms with Crippen molar-refractivity contribution in [1.29, 1.82) is 0 Å². The summed E-state index contributed by atoms with van der Waals surface area (Å²) in [5.74, 6) is -0.0553. The van der Waals surface area contributed by atoms with Gasteiger partial charge in [-0.25, -0.2) is 13.6 Å². The molecule has 0 amide bonds. The van der Waals surface area contributed by atoms with Crippen molar-refractivity contribution in [2.24, 2.45) is 5.14 Å². The summed E-state index contributed by atoms with van der Waals surface area (Å²) in [5, 5.41) is 4.98. The van der Waals surface area contributed by atoms with Gasteiger partial charge >= 0.3 is 0 Å². The maximum atomic E-state index is 10.9. The molecule has 0 fully saturated rings. The molecular formula is C10H13NO2S. The van der Waals surface area contributed by atoms with Gasteiger partial charge in [-0.2, -0.15) is 0 Å². The van der Waals surface area contributed by atoms with Crippen molar-refractivity contribution >= 4 is 10.0 Å². The lowest BCUT2D eigenvalue weighted by Gasteiger charge is -2.03. The summed E-state index contributed by atoms with van der Waals surface area (Å²) in [4.78, 5) is 0. The number of primary sulfonamides is 1. The molecule has 3 nitrogen and oxygen atoms in total. The Labute approximate surface area is 84.0 Å². The summed E-state index contributed by atoms with van der Waals surface area (Å²) < 4.78 is 21.8. The van der Waals surface area contributed by atoms with E-state index in [1.54, 1.807) is 0 Å². The molecule has 0 spiro atoms. The van der Waals surface area contributed by atoms with Crippen LogP contribution in [0.5, 0.6) is 0 Å². The molecule has 0 saturated carbocycles. The Kier molecular flexibility index (Phi) is 2.33. The minimum Gasteiger partial charge on any atom is -0.228 e. The molecule has 0 atom stereocenters. The standard InChI is InChI=1S/C10H13NO2S/c11-14(12,13)7-8-4-5-9-2-1-3-10(9)6-8/h4-6H,1-3,7H2,(H2,11,12,13). The van der Waals surface area contributed by atoms with Crippen LogP contribution >= 0.6 is 0 Å². The van der Waals surface area contributed by atoms with Crippen molar-refractivity contribution in [2.45, 2.75) is 25.0 Å². The molecule has 76 valence electrons. The monoisotopic (exact) mass is 211 g/mol. The Balaban J connectivity index is 2.29. The molecule has 2 rings (SSSR count). The molecule has 1 aromatic carbocycles. The molecule has 0 aromatic heterocycles. The van der Waals surface area contributed by atoms with Gasteiger partial charge in [-0.3, -0.25) is 0 Å². The van der Waals surface area contributed by atoms with E-state index in [1.807, 2.05) is 18.2 Å². The summed E-state index contributed by atoms with van der Waals surface area (Å²) in [6.07, 6.45) is 3.35. The van der Waals surface area contributed by atoms with Crippen LogP contribution in [-0.2, 0) is 28.6 Å². The number of fused-ring (bicyclic) bond motifs is 1. The maximum absolute atomic E-state index is 10.9. The number of rotatable bonds is 2. The fraction of sp³-hybridized carbons (Fsp3) is 0.400. The van der Waals surface area contributed by atoms with E-state index in [1.165, 1.54) is 17.5 Å². The number of hydrogen-bond acceptors (Lipinski definition) is 2. The van der Waals surface area contributed by atoms with Gasteiger partial charge in [-0.15, -0.1) is 0 Å². The summed E-state index contributed by atoms with van der Waals surface area (Å²) in [7, 11) is -3.39. The third-order valence-electron chi connectivity index (χ3n) is 2.53. The highest BCUT2D eigenvalue weighted by Crippen LogP contribution is 2.23. The predicted octanol–water partition coefficient (Wildman–Crippen LogP) is 0.964. The van der Waals surface area contributed by atoms with Crippen LogP contribution in [0, 0.1) is 0 Å². The van der Waals surface area contributed by atoms with E-state index >= 15 is 0 Å². The molecular weight excluding hydrogens is 198 g/mol. The highest BCUT2D eigenvalue weighted by Gasteiger charge is 2.12. The largest absolute Gasteiger partial charge is 0.228 e. The van der Waals surface area contributed by atoms with Gasteiger partial charge in [0.25, 0.3) is 0 Å². The third-order valence-corrected chi connectivity index (χ3v) is 3.27. The quantitative estimate of drug-likeness (QED) is 0.792. The van der Waals surface area contributed by atoms with Gasteiger partial charge in [0.2, 0.25) is 10.0 Å². The minimum absolute atomic E-state index is 0.0553. The molecule has 0 unspecified atom stereocenters. The van der Waals surface area contributed by atoms with Crippen molar-refractivity contribution in [3.63, 3.8) is 0 Å². The van der Waals surface area contributed by atoms with Crippen LogP contribution in [0.1, 0.15) is 23.1 Å². The van der Waals surface area contributed by atoms with Gasteiger partial charge in [-0.05, 0) is 36.0 Å². The fourth-order valence-corrected chi connectivity index (χ4v) is 2.59. The zero-order chi connectivity index (χ0) is 10.2. The van der Waals surface area contributed by atoms with Crippen LogP contribution in [0.2, 0.25) is 0 Å². The van der Waals surface area contributed by atoms with Gasteiger partial charge in [-0.1, -0.05) is 18.2 Å². The molecule has 1 aliphatic carbocycles. The molecule has 1 aromatic rings. The van der Waals surface area contributed by atoms with E-state index in [2.05, 4.69) is 0 Å². The molecule has 0 bridgehead atoms. The lowest BCUT2D eigenvalue weighted by Crippen LogP contribution is -2.14. The topological polar surface area (TPSA) is 60.2 Å². The van der Waals surface area contributed by atoms with Crippen molar-refractivity contribution < 1.29 is 8.42 Å². The fourth-order valence-electron chi connectivity index (χ4n) is 1.95. The van der Waals surface area contributed by atoms with Gasteiger partial charge in [0.1, 0.15) is 0 Å². The minimum atomic E-state index is -3.39. The summed E-state index contributed by atoms with van der Waals surface area (Å²) in [6.45, 7) is 0. The molecule has 14 heavy (non-hydrogen) atoms. The van der Waals surface area contributed by atoms with Crippen LogP contribution in [0.3, 0.4) is 0 Å². The predicted molar refractivity (Wildman–Crippen MR) is 55.3 cm³/mol. The van der Waals surface area contributed by atoms with E-state index < -0.39 is 10.0 Å². The number of sulfonamides is 1. The number of hydrogen-bond donors (Lipinski definition) is 1. The van der Waals surface area contributed by atoms with Gasteiger partial charge < -0.3 is 0 Å².